The number of amides is 1. The molecule has 1 fully saturated rings. The highest BCUT2D eigenvalue weighted by Gasteiger charge is 2.28. The summed E-state index contributed by atoms with van der Waals surface area (Å²) in [6.07, 6.45) is 3.42. The predicted molar refractivity (Wildman–Crippen MR) is 142 cm³/mol. The fraction of sp³-hybridized carbons (Fsp3) is 0.500. The third-order valence-electron chi connectivity index (χ3n) is 7.19. The minimum absolute atomic E-state index is 0.150. The molecule has 0 aliphatic carbocycles. The van der Waals surface area contributed by atoms with Gasteiger partial charge in [-0.05, 0) is 43.9 Å². The second kappa shape index (κ2) is 10.1. The highest BCUT2D eigenvalue weighted by atomic mass is 35.5. The molecule has 0 radical (unpaired) electrons. The van der Waals surface area contributed by atoms with Gasteiger partial charge in [0.25, 0.3) is 5.91 Å². The van der Waals surface area contributed by atoms with Crippen molar-refractivity contribution in [3.63, 3.8) is 0 Å². The number of halogens is 1. The van der Waals surface area contributed by atoms with Crippen LogP contribution in [0.3, 0.4) is 0 Å². The quantitative estimate of drug-likeness (QED) is 0.560. The van der Waals surface area contributed by atoms with E-state index in [4.69, 9.17) is 32.2 Å². The molecule has 1 aromatic carbocycles. The monoisotopic (exact) mass is 511 g/mol. The van der Waals surface area contributed by atoms with Gasteiger partial charge in [-0.25, -0.2) is 4.98 Å². The molecule has 2 N–H and O–H groups in total. The van der Waals surface area contributed by atoms with Gasteiger partial charge in [-0.15, -0.1) is 0 Å². The molecule has 0 saturated carbocycles. The summed E-state index contributed by atoms with van der Waals surface area (Å²) in [5.74, 6) is 2.29. The van der Waals surface area contributed by atoms with E-state index in [0.29, 0.717) is 29.4 Å². The topological polar surface area (TPSA) is 92.2 Å². The molecule has 2 aromatic heterocycles. The lowest BCUT2D eigenvalue weighted by atomic mass is 10.1. The third-order valence-corrected chi connectivity index (χ3v) is 7.42. The summed E-state index contributed by atoms with van der Waals surface area (Å²) in [4.78, 5) is 24.8. The van der Waals surface area contributed by atoms with E-state index in [-0.39, 0.29) is 18.0 Å². The number of carbonyl (C=O) groups excluding carboxylic acids is 1. The average molecular weight is 512 g/mol. The number of ether oxygens (including phenoxy) is 1. The summed E-state index contributed by atoms with van der Waals surface area (Å²) in [6, 6.07) is 9.24. The van der Waals surface area contributed by atoms with Crippen LogP contribution in [0.4, 0.5) is 11.6 Å². The van der Waals surface area contributed by atoms with Crippen LogP contribution in [0.2, 0.25) is 5.02 Å². The van der Waals surface area contributed by atoms with Crippen molar-refractivity contribution in [3.05, 3.63) is 46.6 Å². The van der Waals surface area contributed by atoms with Crippen LogP contribution in [0.15, 0.2) is 30.3 Å². The van der Waals surface area contributed by atoms with Gasteiger partial charge in [-0.2, -0.15) is 9.61 Å². The van der Waals surface area contributed by atoms with Gasteiger partial charge in [0.05, 0.1) is 23.9 Å². The minimum Gasteiger partial charge on any atom is -0.493 e. The zero-order valence-electron chi connectivity index (χ0n) is 21.2. The Balaban J connectivity index is 1.60. The molecule has 0 spiro atoms. The second-order valence-corrected chi connectivity index (χ2v) is 10.2. The van der Waals surface area contributed by atoms with Gasteiger partial charge >= 0.3 is 0 Å². The number of benzene rings is 1. The normalized spacial score (nSPS) is 21.5. The number of nitrogens with two attached hydrogens (primary N) is 1. The van der Waals surface area contributed by atoms with E-state index in [1.54, 1.807) is 30.1 Å². The van der Waals surface area contributed by atoms with Crippen LogP contribution >= 0.6 is 11.6 Å². The van der Waals surface area contributed by atoms with Gasteiger partial charge in [-0.1, -0.05) is 18.5 Å². The number of fused-ring (bicyclic) bond motifs is 2. The minimum atomic E-state index is -0.238. The summed E-state index contributed by atoms with van der Waals surface area (Å²) in [5, 5.41) is 5.47. The first kappa shape index (κ1) is 24.6. The first-order valence-corrected chi connectivity index (χ1v) is 13.1. The highest BCUT2D eigenvalue weighted by Crippen LogP contribution is 2.32. The Morgan fingerprint density at radius 3 is 2.75 bits per heavy atom. The molecule has 2 bridgehead atoms. The molecule has 3 aromatic rings. The second-order valence-electron chi connectivity index (χ2n) is 9.76. The summed E-state index contributed by atoms with van der Waals surface area (Å²) in [5.41, 5.74) is 8.21. The summed E-state index contributed by atoms with van der Waals surface area (Å²) >= 11 is 6.27. The van der Waals surface area contributed by atoms with Gasteiger partial charge < -0.3 is 25.2 Å². The van der Waals surface area contributed by atoms with Crippen molar-refractivity contribution in [2.24, 2.45) is 5.73 Å². The van der Waals surface area contributed by atoms with Crippen molar-refractivity contribution in [1.82, 2.24) is 19.5 Å². The van der Waals surface area contributed by atoms with Gasteiger partial charge in [0, 0.05) is 56.9 Å². The molecular formula is C26H34ClN7O2. The first-order valence-electron chi connectivity index (χ1n) is 12.7. The van der Waals surface area contributed by atoms with Crippen LogP contribution in [-0.2, 0) is 0 Å². The van der Waals surface area contributed by atoms with E-state index in [9.17, 15) is 4.79 Å². The molecule has 1 amide bonds. The van der Waals surface area contributed by atoms with Gasteiger partial charge in [-0.3, -0.25) is 4.79 Å². The van der Waals surface area contributed by atoms with Crippen molar-refractivity contribution < 1.29 is 9.53 Å². The van der Waals surface area contributed by atoms with Crippen LogP contribution < -0.4 is 20.3 Å². The van der Waals surface area contributed by atoms with Crippen molar-refractivity contribution in [1.29, 1.82) is 0 Å². The maximum atomic E-state index is 13.6. The van der Waals surface area contributed by atoms with Crippen LogP contribution in [0.25, 0.3) is 5.65 Å². The Labute approximate surface area is 216 Å². The summed E-state index contributed by atoms with van der Waals surface area (Å²) < 4.78 is 7.95. The SMILES string of the molecule is CC[C@H]1c2cc3nc(N4CC[C@H](N)C4)cc(n3n2)N(C)CCCCOc2ccc(Cl)cc2C(=O)N1C. The average Bonchev–Trinajstić information content (AvgIpc) is 3.49. The molecule has 5 rings (SSSR count). The number of hydrogen-bond acceptors (Lipinski definition) is 7. The largest absolute Gasteiger partial charge is 0.493 e. The van der Waals surface area contributed by atoms with Crippen molar-refractivity contribution in [3.8, 4) is 5.75 Å². The van der Waals surface area contributed by atoms with Crippen LogP contribution in [0, 0.1) is 0 Å². The van der Waals surface area contributed by atoms with Crippen LogP contribution in [0.1, 0.15) is 54.7 Å². The number of rotatable bonds is 2. The molecule has 4 heterocycles. The smallest absolute Gasteiger partial charge is 0.257 e. The van der Waals surface area contributed by atoms with Gasteiger partial charge in [0.15, 0.2) is 5.65 Å². The number of hydrogen-bond donors (Lipinski definition) is 1. The molecule has 10 heteroatoms. The maximum absolute atomic E-state index is 13.6. The Hall–Kier alpha value is -3.04. The Kier molecular flexibility index (Phi) is 6.94. The van der Waals surface area contributed by atoms with Crippen molar-refractivity contribution in [2.45, 2.75) is 44.7 Å². The molecule has 2 aliphatic heterocycles. The molecule has 1 saturated heterocycles. The van der Waals surface area contributed by atoms with Crippen molar-refractivity contribution >= 4 is 34.8 Å². The lowest BCUT2D eigenvalue weighted by Gasteiger charge is -2.26. The summed E-state index contributed by atoms with van der Waals surface area (Å²) in [7, 11) is 3.89. The highest BCUT2D eigenvalue weighted by molar-refractivity contribution is 6.31. The van der Waals surface area contributed by atoms with E-state index >= 15 is 0 Å². The number of nitrogens with zero attached hydrogens (tertiary/aromatic N) is 6. The number of anilines is 2. The van der Waals surface area contributed by atoms with Crippen LogP contribution in [0.5, 0.6) is 5.75 Å². The Morgan fingerprint density at radius 2 is 2.00 bits per heavy atom. The lowest BCUT2D eigenvalue weighted by Crippen LogP contribution is -2.31. The zero-order chi connectivity index (χ0) is 25.4. The summed E-state index contributed by atoms with van der Waals surface area (Å²) in [6.45, 7) is 5.09. The van der Waals surface area contributed by atoms with E-state index in [1.807, 2.05) is 10.6 Å². The molecule has 9 nitrogen and oxygen atoms in total. The molecule has 36 heavy (non-hydrogen) atoms. The first-order chi connectivity index (χ1) is 17.4. The molecular weight excluding hydrogens is 478 g/mol. The van der Waals surface area contributed by atoms with Gasteiger partial charge in [0.2, 0.25) is 0 Å². The lowest BCUT2D eigenvalue weighted by molar-refractivity contribution is 0.0718. The third kappa shape index (κ3) is 4.69. The van der Waals surface area contributed by atoms with E-state index in [1.165, 1.54) is 0 Å². The Morgan fingerprint density at radius 1 is 1.17 bits per heavy atom. The fourth-order valence-corrected chi connectivity index (χ4v) is 5.28. The van der Waals surface area contributed by atoms with E-state index in [0.717, 1.165) is 61.9 Å². The Bertz CT molecular complexity index is 1260. The van der Waals surface area contributed by atoms with Crippen molar-refractivity contribution in [2.75, 3.05) is 50.1 Å². The number of carbonyl (C=O) groups is 1. The maximum Gasteiger partial charge on any atom is 0.257 e. The van der Waals surface area contributed by atoms with Gasteiger partial charge in [0.1, 0.15) is 17.4 Å². The number of aromatic nitrogens is 3. The molecule has 2 aliphatic rings. The zero-order valence-corrected chi connectivity index (χ0v) is 21.9. The van der Waals surface area contributed by atoms with E-state index in [2.05, 4.69) is 29.8 Å². The fourth-order valence-electron chi connectivity index (χ4n) is 5.11. The molecule has 0 unspecified atom stereocenters. The van der Waals surface area contributed by atoms with E-state index < -0.39 is 0 Å². The predicted octanol–water partition coefficient (Wildman–Crippen LogP) is 3.75. The van der Waals surface area contributed by atoms with Crippen LogP contribution in [-0.4, -0.2) is 71.8 Å². The molecule has 2 atom stereocenters. The molecule has 192 valence electrons. The standard InChI is InChI=1S/C26H34ClN7O2/c1-4-21-20-14-24-29-23(33-11-9-18(28)16-33)15-25(34(24)30-20)31(2)10-5-6-12-36-22-8-7-17(27)13-19(22)26(35)32(21)3/h7-8,13-15,18,21H,4-6,9-12,16,28H2,1-3H3/t18-,21-/m0/s1.